The molecule has 0 spiro atoms. The standard InChI is InChI=1S/C21H21N5O3/c1-3-14(2)22-18(27)13-25-21(28)26-17-12-8-7-11-16(17)23-20(19(26)24-25)29-15-9-5-4-6-10-15/h4-12,14H,3,13H2,1-2H3,(H,22,27)/t14-/m0/s1. The highest BCUT2D eigenvalue weighted by Gasteiger charge is 2.19. The van der Waals surface area contributed by atoms with Crippen LogP contribution in [0.4, 0.5) is 0 Å². The number of nitrogens with zero attached hydrogens (tertiary/aromatic N) is 4. The summed E-state index contributed by atoms with van der Waals surface area (Å²) >= 11 is 0. The molecule has 0 bridgehead atoms. The Morgan fingerprint density at radius 1 is 1.14 bits per heavy atom. The highest BCUT2D eigenvalue weighted by atomic mass is 16.5. The molecule has 0 unspecified atom stereocenters. The Labute approximate surface area is 166 Å². The predicted molar refractivity (Wildman–Crippen MR) is 109 cm³/mol. The number of benzene rings is 2. The van der Waals surface area contributed by atoms with E-state index in [1.807, 2.05) is 44.2 Å². The van der Waals surface area contributed by atoms with Crippen LogP contribution in [0.5, 0.6) is 11.6 Å². The monoisotopic (exact) mass is 391 g/mol. The average molecular weight is 391 g/mol. The molecule has 4 rings (SSSR count). The third-order valence-electron chi connectivity index (χ3n) is 4.65. The van der Waals surface area contributed by atoms with Gasteiger partial charge < -0.3 is 10.1 Å². The fourth-order valence-corrected chi connectivity index (χ4v) is 3.00. The molecule has 148 valence electrons. The van der Waals surface area contributed by atoms with Crippen molar-refractivity contribution in [3.8, 4) is 11.6 Å². The zero-order valence-electron chi connectivity index (χ0n) is 16.2. The summed E-state index contributed by atoms with van der Waals surface area (Å²) in [6.07, 6.45) is 0.801. The second kappa shape index (κ2) is 7.75. The molecule has 8 heteroatoms. The van der Waals surface area contributed by atoms with Crippen LogP contribution in [0.3, 0.4) is 0 Å². The molecule has 8 nitrogen and oxygen atoms in total. The lowest BCUT2D eigenvalue weighted by Crippen LogP contribution is -2.37. The van der Waals surface area contributed by atoms with E-state index in [1.165, 1.54) is 4.40 Å². The van der Waals surface area contributed by atoms with Crippen LogP contribution in [0.15, 0.2) is 59.4 Å². The van der Waals surface area contributed by atoms with Gasteiger partial charge in [-0.25, -0.2) is 18.9 Å². The number of carbonyl (C=O) groups excluding carboxylic acids is 1. The van der Waals surface area contributed by atoms with Gasteiger partial charge in [-0.15, -0.1) is 5.10 Å². The number of hydrogen-bond acceptors (Lipinski definition) is 5. The van der Waals surface area contributed by atoms with Crippen molar-refractivity contribution in [3.63, 3.8) is 0 Å². The summed E-state index contributed by atoms with van der Waals surface area (Å²) < 4.78 is 8.47. The molecule has 0 saturated carbocycles. The zero-order chi connectivity index (χ0) is 20.4. The second-order valence-electron chi connectivity index (χ2n) is 6.80. The zero-order valence-corrected chi connectivity index (χ0v) is 16.2. The molecule has 2 aromatic heterocycles. The number of hydrogen-bond donors (Lipinski definition) is 1. The molecule has 2 heterocycles. The van der Waals surface area contributed by atoms with E-state index in [-0.39, 0.29) is 30.0 Å². The van der Waals surface area contributed by atoms with E-state index in [0.29, 0.717) is 16.8 Å². The Morgan fingerprint density at radius 3 is 2.62 bits per heavy atom. The van der Waals surface area contributed by atoms with Gasteiger partial charge in [0.05, 0.1) is 11.0 Å². The molecule has 1 N–H and O–H groups in total. The van der Waals surface area contributed by atoms with E-state index in [2.05, 4.69) is 15.4 Å². The van der Waals surface area contributed by atoms with Gasteiger partial charge in [0.2, 0.25) is 11.6 Å². The van der Waals surface area contributed by atoms with Gasteiger partial charge in [0.15, 0.2) is 0 Å². The molecule has 0 aliphatic rings. The highest BCUT2D eigenvalue weighted by Crippen LogP contribution is 2.25. The maximum absolute atomic E-state index is 13.0. The van der Waals surface area contributed by atoms with Crippen molar-refractivity contribution in [3.05, 3.63) is 65.1 Å². The van der Waals surface area contributed by atoms with Gasteiger partial charge in [-0.1, -0.05) is 37.3 Å². The molecule has 0 fully saturated rings. The van der Waals surface area contributed by atoms with Crippen LogP contribution in [0, 0.1) is 0 Å². The van der Waals surface area contributed by atoms with Gasteiger partial charge in [0, 0.05) is 6.04 Å². The maximum Gasteiger partial charge on any atom is 0.351 e. The SMILES string of the molecule is CC[C@H](C)NC(=O)Cn1nc2c(Oc3ccccc3)nc3ccccc3n2c1=O. The fourth-order valence-electron chi connectivity index (χ4n) is 3.00. The van der Waals surface area contributed by atoms with Gasteiger partial charge >= 0.3 is 5.69 Å². The molecule has 4 aromatic rings. The molecular formula is C21H21N5O3. The summed E-state index contributed by atoms with van der Waals surface area (Å²) in [5, 5.41) is 7.20. The number of rotatable bonds is 6. The van der Waals surface area contributed by atoms with Crippen LogP contribution in [0.2, 0.25) is 0 Å². The summed E-state index contributed by atoms with van der Waals surface area (Å²) in [5.41, 5.74) is 1.03. The van der Waals surface area contributed by atoms with Gasteiger partial charge in [0.25, 0.3) is 5.88 Å². The largest absolute Gasteiger partial charge is 0.436 e. The first-order chi connectivity index (χ1) is 14.1. The van der Waals surface area contributed by atoms with E-state index in [0.717, 1.165) is 11.1 Å². The van der Waals surface area contributed by atoms with Crippen molar-refractivity contribution in [2.24, 2.45) is 0 Å². The van der Waals surface area contributed by atoms with Gasteiger partial charge in [-0.3, -0.25) is 4.79 Å². The topological polar surface area (TPSA) is 90.5 Å². The lowest BCUT2D eigenvalue weighted by atomic mass is 10.2. The molecular weight excluding hydrogens is 370 g/mol. The molecule has 0 aliphatic heterocycles. The molecule has 1 amide bonds. The first-order valence-electron chi connectivity index (χ1n) is 9.47. The summed E-state index contributed by atoms with van der Waals surface area (Å²) in [7, 11) is 0. The van der Waals surface area contributed by atoms with Crippen LogP contribution in [0.25, 0.3) is 16.7 Å². The molecule has 2 aromatic carbocycles. The maximum atomic E-state index is 13.0. The molecule has 29 heavy (non-hydrogen) atoms. The molecule has 1 atom stereocenters. The number of fused-ring (bicyclic) bond motifs is 3. The van der Waals surface area contributed by atoms with Crippen LogP contribution < -0.4 is 15.7 Å². The van der Waals surface area contributed by atoms with Crippen molar-refractivity contribution in [1.29, 1.82) is 0 Å². The van der Waals surface area contributed by atoms with Gasteiger partial charge in [-0.2, -0.15) is 0 Å². The minimum Gasteiger partial charge on any atom is -0.436 e. The average Bonchev–Trinajstić information content (AvgIpc) is 3.05. The van der Waals surface area contributed by atoms with Crippen molar-refractivity contribution in [2.75, 3.05) is 0 Å². The first-order valence-corrected chi connectivity index (χ1v) is 9.47. The Kier molecular flexibility index (Phi) is 4.99. The summed E-state index contributed by atoms with van der Waals surface area (Å²) in [5.74, 6) is 0.509. The van der Waals surface area contributed by atoms with E-state index >= 15 is 0 Å². The molecule has 0 aliphatic carbocycles. The summed E-state index contributed by atoms with van der Waals surface area (Å²) in [6.45, 7) is 3.71. The number of ether oxygens (including phenoxy) is 1. The Morgan fingerprint density at radius 2 is 1.86 bits per heavy atom. The quantitative estimate of drug-likeness (QED) is 0.546. The van der Waals surface area contributed by atoms with Crippen molar-refractivity contribution < 1.29 is 9.53 Å². The van der Waals surface area contributed by atoms with Gasteiger partial charge in [-0.05, 0) is 37.6 Å². The Balaban J connectivity index is 1.83. The van der Waals surface area contributed by atoms with Crippen molar-refractivity contribution >= 4 is 22.6 Å². The lowest BCUT2D eigenvalue weighted by molar-refractivity contribution is -0.122. The fraction of sp³-hybridized carbons (Fsp3) is 0.238. The summed E-state index contributed by atoms with van der Waals surface area (Å²) in [6, 6.07) is 16.4. The lowest BCUT2D eigenvalue weighted by Gasteiger charge is -2.10. The number of aromatic nitrogens is 4. The Hall–Kier alpha value is -3.68. The number of para-hydroxylation sites is 3. The number of carbonyl (C=O) groups is 1. The van der Waals surface area contributed by atoms with E-state index in [9.17, 15) is 9.59 Å². The molecule has 0 radical (unpaired) electrons. The van der Waals surface area contributed by atoms with E-state index in [1.54, 1.807) is 24.3 Å². The van der Waals surface area contributed by atoms with Crippen LogP contribution in [-0.2, 0) is 11.3 Å². The van der Waals surface area contributed by atoms with Crippen LogP contribution in [-0.4, -0.2) is 31.1 Å². The van der Waals surface area contributed by atoms with Crippen LogP contribution in [0.1, 0.15) is 20.3 Å². The highest BCUT2D eigenvalue weighted by molar-refractivity contribution is 5.80. The summed E-state index contributed by atoms with van der Waals surface area (Å²) in [4.78, 5) is 29.9. The number of amides is 1. The van der Waals surface area contributed by atoms with E-state index in [4.69, 9.17) is 4.74 Å². The van der Waals surface area contributed by atoms with Gasteiger partial charge in [0.1, 0.15) is 12.3 Å². The smallest absolute Gasteiger partial charge is 0.351 e. The van der Waals surface area contributed by atoms with Crippen molar-refractivity contribution in [1.82, 2.24) is 24.5 Å². The van der Waals surface area contributed by atoms with Crippen LogP contribution >= 0.6 is 0 Å². The normalized spacial score (nSPS) is 12.2. The number of nitrogens with one attached hydrogen (secondary N) is 1. The van der Waals surface area contributed by atoms with E-state index < -0.39 is 5.69 Å². The predicted octanol–water partition coefficient (Wildman–Crippen LogP) is 2.75. The minimum absolute atomic E-state index is 0.0229. The third-order valence-corrected chi connectivity index (χ3v) is 4.65. The minimum atomic E-state index is -0.421. The second-order valence-corrected chi connectivity index (χ2v) is 6.80. The Bertz CT molecular complexity index is 1230. The molecule has 0 saturated heterocycles. The third kappa shape index (κ3) is 3.69. The first kappa shape index (κ1) is 18.7. The van der Waals surface area contributed by atoms with Crippen molar-refractivity contribution in [2.45, 2.75) is 32.9 Å².